The fraction of sp³-hybridized carbons (Fsp3) is 0.269. The van der Waals surface area contributed by atoms with Gasteiger partial charge in [0.15, 0.2) is 5.75 Å². The van der Waals surface area contributed by atoms with Gasteiger partial charge in [0.25, 0.3) is 0 Å². The average Bonchev–Trinajstić information content (AvgIpc) is 2.82. The van der Waals surface area contributed by atoms with E-state index in [2.05, 4.69) is 12.2 Å². The second kappa shape index (κ2) is 11.9. The first-order valence-corrected chi connectivity index (χ1v) is 13.3. The third-order valence-electron chi connectivity index (χ3n) is 5.30. The number of hydrogen-bond acceptors (Lipinski definition) is 4. The second-order valence-electron chi connectivity index (χ2n) is 8.08. The Kier molecular flexibility index (Phi) is 8.96. The Hall–Kier alpha value is -3.03. The average molecular weight is 501 g/mol. The van der Waals surface area contributed by atoms with Gasteiger partial charge in [-0.3, -0.25) is 9.10 Å². The number of carbonyl (C=O) groups is 1. The number of nitrogens with zero attached hydrogens (tertiary/aromatic N) is 1. The fourth-order valence-corrected chi connectivity index (χ4v) is 4.62. The zero-order chi connectivity index (χ0) is 24.6. The molecule has 0 saturated carbocycles. The highest BCUT2D eigenvalue weighted by molar-refractivity contribution is 7.92. The Morgan fingerprint density at radius 2 is 1.68 bits per heavy atom. The molecule has 0 fully saturated rings. The minimum Gasteiger partial charge on any atom is -0.455 e. The number of carbonyl (C=O) groups excluding carboxylic acids is 1. The molecule has 180 valence electrons. The lowest BCUT2D eigenvalue weighted by molar-refractivity contribution is -0.121. The number of nitrogens with one attached hydrogen (secondary N) is 1. The van der Waals surface area contributed by atoms with Crippen LogP contribution in [0.5, 0.6) is 11.5 Å². The van der Waals surface area contributed by atoms with Crippen molar-refractivity contribution in [2.45, 2.75) is 25.7 Å². The Balaban J connectivity index is 1.64. The third kappa shape index (κ3) is 7.50. The highest BCUT2D eigenvalue weighted by Gasteiger charge is 2.22. The Bertz CT molecular complexity index is 1190. The number of amides is 1. The first-order valence-electron chi connectivity index (χ1n) is 11.1. The van der Waals surface area contributed by atoms with Crippen LogP contribution in [0.25, 0.3) is 0 Å². The van der Waals surface area contributed by atoms with E-state index in [9.17, 15) is 13.2 Å². The maximum absolute atomic E-state index is 12.6. The SMILES string of the molecule is C[C@@H](CNC(=O)CCCN(c1cc(Cl)ccc1Oc1ccccc1)S(C)(=O)=O)c1ccccc1. The number of ether oxygens (including phenoxy) is 1. The summed E-state index contributed by atoms with van der Waals surface area (Å²) in [4.78, 5) is 12.4. The summed E-state index contributed by atoms with van der Waals surface area (Å²) < 4.78 is 32.4. The highest BCUT2D eigenvalue weighted by Crippen LogP contribution is 2.36. The van der Waals surface area contributed by atoms with Crippen LogP contribution in [0, 0.1) is 0 Å². The molecule has 0 aliphatic heterocycles. The minimum atomic E-state index is -3.65. The van der Waals surface area contributed by atoms with E-state index in [0.717, 1.165) is 11.8 Å². The molecule has 0 bridgehead atoms. The number of sulfonamides is 1. The Morgan fingerprint density at radius 3 is 2.32 bits per heavy atom. The molecular weight excluding hydrogens is 472 g/mol. The van der Waals surface area contributed by atoms with Crippen LogP contribution in [0.4, 0.5) is 5.69 Å². The van der Waals surface area contributed by atoms with Crippen LogP contribution in [0.1, 0.15) is 31.2 Å². The highest BCUT2D eigenvalue weighted by atomic mass is 35.5. The number of anilines is 1. The van der Waals surface area contributed by atoms with Crippen molar-refractivity contribution in [3.63, 3.8) is 0 Å². The van der Waals surface area contributed by atoms with Crippen LogP contribution >= 0.6 is 11.6 Å². The van der Waals surface area contributed by atoms with Crippen LogP contribution in [0.3, 0.4) is 0 Å². The monoisotopic (exact) mass is 500 g/mol. The molecule has 0 radical (unpaired) electrons. The molecule has 6 nitrogen and oxygen atoms in total. The van der Waals surface area contributed by atoms with E-state index < -0.39 is 10.0 Å². The molecule has 0 spiro atoms. The predicted molar refractivity (Wildman–Crippen MR) is 137 cm³/mol. The van der Waals surface area contributed by atoms with E-state index >= 15 is 0 Å². The van der Waals surface area contributed by atoms with Gasteiger partial charge in [-0.15, -0.1) is 0 Å². The van der Waals surface area contributed by atoms with Crippen molar-refractivity contribution in [1.29, 1.82) is 0 Å². The first-order chi connectivity index (χ1) is 16.2. The molecule has 0 unspecified atom stereocenters. The van der Waals surface area contributed by atoms with Crippen molar-refractivity contribution in [2.75, 3.05) is 23.7 Å². The van der Waals surface area contributed by atoms with Gasteiger partial charge >= 0.3 is 0 Å². The molecule has 0 saturated heterocycles. The summed E-state index contributed by atoms with van der Waals surface area (Å²) in [5, 5.41) is 3.32. The summed E-state index contributed by atoms with van der Waals surface area (Å²) in [7, 11) is -3.65. The second-order valence-corrected chi connectivity index (χ2v) is 10.4. The number of rotatable bonds is 11. The molecular formula is C26H29ClN2O4S. The van der Waals surface area contributed by atoms with Crippen molar-refractivity contribution < 1.29 is 17.9 Å². The smallest absolute Gasteiger partial charge is 0.232 e. The summed E-state index contributed by atoms with van der Waals surface area (Å²) in [6.07, 6.45) is 1.67. The normalized spacial score (nSPS) is 12.1. The summed E-state index contributed by atoms with van der Waals surface area (Å²) in [6, 6.07) is 23.9. The van der Waals surface area contributed by atoms with Gasteiger partial charge < -0.3 is 10.1 Å². The van der Waals surface area contributed by atoms with Crippen molar-refractivity contribution in [2.24, 2.45) is 0 Å². The number of benzene rings is 3. The lowest BCUT2D eigenvalue weighted by atomic mass is 10.0. The largest absolute Gasteiger partial charge is 0.455 e. The van der Waals surface area contributed by atoms with Crippen LogP contribution in [-0.2, 0) is 14.8 Å². The van der Waals surface area contributed by atoms with Crippen LogP contribution < -0.4 is 14.4 Å². The van der Waals surface area contributed by atoms with E-state index in [1.165, 1.54) is 4.31 Å². The molecule has 0 aliphatic carbocycles. The predicted octanol–water partition coefficient (Wildman–Crippen LogP) is 5.60. The summed E-state index contributed by atoms with van der Waals surface area (Å²) in [5.74, 6) is 0.999. The fourth-order valence-electron chi connectivity index (χ4n) is 3.49. The van der Waals surface area contributed by atoms with Gasteiger partial charge in [0.05, 0.1) is 11.9 Å². The summed E-state index contributed by atoms with van der Waals surface area (Å²) >= 11 is 6.18. The standard InChI is InChI=1S/C26H29ClN2O4S/c1-20(21-10-5-3-6-11-21)19-28-26(30)14-9-17-29(34(2,31)32)24-18-22(27)15-16-25(24)33-23-12-7-4-8-13-23/h3-8,10-13,15-16,18,20H,9,14,17,19H2,1-2H3,(H,28,30)/t20-/m0/s1. The zero-order valence-corrected chi connectivity index (χ0v) is 20.9. The van der Waals surface area contributed by atoms with Crippen LogP contribution in [0.15, 0.2) is 78.9 Å². The molecule has 3 aromatic rings. The molecule has 3 aromatic carbocycles. The molecule has 0 aliphatic rings. The summed E-state index contributed by atoms with van der Waals surface area (Å²) in [5.41, 5.74) is 1.48. The molecule has 3 rings (SSSR count). The molecule has 1 N–H and O–H groups in total. The molecule has 0 heterocycles. The minimum absolute atomic E-state index is 0.117. The third-order valence-corrected chi connectivity index (χ3v) is 6.72. The van der Waals surface area contributed by atoms with Crippen LogP contribution in [0.2, 0.25) is 5.02 Å². The maximum atomic E-state index is 12.6. The molecule has 8 heteroatoms. The number of para-hydroxylation sites is 1. The molecule has 1 atom stereocenters. The summed E-state index contributed by atoms with van der Waals surface area (Å²) in [6.45, 7) is 2.68. The topological polar surface area (TPSA) is 75.7 Å². The lowest BCUT2D eigenvalue weighted by Crippen LogP contribution is -2.33. The van der Waals surface area contributed by atoms with E-state index in [-0.39, 0.29) is 24.8 Å². The van der Waals surface area contributed by atoms with Gasteiger partial charge in [-0.25, -0.2) is 8.42 Å². The quantitative estimate of drug-likeness (QED) is 0.372. The van der Waals surface area contributed by atoms with E-state index in [1.54, 1.807) is 30.3 Å². The molecule has 34 heavy (non-hydrogen) atoms. The van der Waals surface area contributed by atoms with Gasteiger partial charge in [0, 0.05) is 24.5 Å². The maximum Gasteiger partial charge on any atom is 0.232 e. The van der Waals surface area contributed by atoms with E-state index in [1.807, 2.05) is 48.5 Å². The lowest BCUT2D eigenvalue weighted by Gasteiger charge is -2.25. The van der Waals surface area contributed by atoms with Gasteiger partial charge in [-0.1, -0.05) is 67.1 Å². The van der Waals surface area contributed by atoms with Gasteiger partial charge in [-0.05, 0) is 48.2 Å². The van der Waals surface area contributed by atoms with Gasteiger partial charge in [0.2, 0.25) is 15.9 Å². The van der Waals surface area contributed by atoms with Gasteiger partial charge in [-0.2, -0.15) is 0 Å². The molecule has 1 amide bonds. The van der Waals surface area contributed by atoms with Crippen molar-refractivity contribution in [3.8, 4) is 11.5 Å². The molecule has 0 aromatic heterocycles. The van der Waals surface area contributed by atoms with Crippen molar-refractivity contribution in [1.82, 2.24) is 5.32 Å². The van der Waals surface area contributed by atoms with Crippen molar-refractivity contribution in [3.05, 3.63) is 89.4 Å². The van der Waals surface area contributed by atoms with E-state index in [0.29, 0.717) is 35.2 Å². The number of hydrogen-bond donors (Lipinski definition) is 1. The Morgan fingerprint density at radius 1 is 1.03 bits per heavy atom. The van der Waals surface area contributed by atoms with Crippen LogP contribution in [-0.4, -0.2) is 33.7 Å². The first kappa shape index (κ1) is 25.6. The zero-order valence-electron chi connectivity index (χ0n) is 19.3. The number of halogens is 1. The van der Waals surface area contributed by atoms with E-state index in [4.69, 9.17) is 16.3 Å². The Labute approximate surface area is 206 Å². The van der Waals surface area contributed by atoms with Gasteiger partial charge in [0.1, 0.15) is 5.75 Å². The van der Waals surface area contributed by atoms with Crippen molar-refractivity contribution >= 4 is 33.2 Å².